The molecular formula is C15H29N3O2. The highest BCUT2D eigenvalue weighted by molar-refractivity contribution is 5.85. The molecule has 20 heavy (non-hydrogen) atoms. The first kappa shape index (κ1) is 17.0. The number of nitrogens with two attached hydrogens (primary N) is 1. The van der Waals surface area contributed by atoms with E-state index in [1.807, 2.05) is 13.8 Å². The van der Waals surface area contributed by atoms with Gasteiger partial charge in [-0.25, -0.2) is 0 Å². The normalized spacial score (nSPS) is 16.4. The van der Waals surface area contributed by atoms with E-state index >= 15 is 0 Å². The Kier molecular flexibility index (Phi) is 6.99. The molecule has 0 spiro atoms. The van der Waals surface area contributed by atoms with Crippen LogP contribution in [0.4, 0.5) is 0 Å². The summed E-state index contributed by atoms with van der Waals surface area (Å²) in [6, 6.07) is 0. The number of carbonyl (C=O) groups excluding carboxylic acids is 2. The van der Waals surface area contributed by atoms with E-state index in [1.54, 1.807) is 4.90 Å². The number of hydrogen-bond donors (Lipinski definition) is 2. The van der Waals surface area contributed by atoms with Gasteiger partial charge in [0, 0.05) is 19.5 Å². The molecule has 0 aromatic rings. The number of amides is 2. The van der Waals surface area contributed by atoms with Crippen LogP contribution in [0.2, 0.25) is 0 Å². The largest absolute Gasteiger partial charge is 0.355 e. The van der Waals surface area contributed by atoms with Gasteiger partial charge in [-0.05, 0) is 37.6 Å². The lowest BCUT2D eigenvalue weighted by atomic mass is 9.66. The second kappa shape index (κ2) is 8.25. The van der Waals surface area contributed by atoms with Crippen molar-refractivity contribution in [3.63, 3.8) is 0 Å². The van der Waals surface area contributed by atoms with Gasteiger partial charge in [-0.1, -0.05) is 20.3 Å². The first-order valence-corrected chi connectivity index (χ1v) is 7.81. The van der Waals surface area contributed by atoms with E-state index in [9.17, 15) is 9.59 Å². The Morgan fingerprint density at radius 3 is 2.40 bits per heavy atom. The highest BCUT2D eigenvalue weighted by Crippen LogP contribution is 2.43. The standard InChI is InChI=1S/C15H29N3O2/c1-3-8-17-13(19)11-18(9-4-2)14(20)10-15(12-16)6-5-7-15/h3-12,16H2,1-2H3,(H,17,19). The first-order valence-electron chi connectivity index (χ1n) is 7.81. The first-order chi connectivity index (χ1) is 9.56. The van der Waals surface area contributed by atoms with Gasteiger partial charge in [0.1, 0.15) is 0 Å². The van der Waals surface area contributed by atoms with E-state index in [4.69, 9.17) is 5.73 Å². The molecule has 0 aromatic carbocycles. The minimum atomic E-state index is -0.0657. The van der Waals surface area contributed by atoms with Crippen molar-refractivity contribution in [1.82, 2.24) is 10.2 Å². The summed E-state index contributed by atoms with van der Waals surface area (Å²) in [6.45, 7) is 6.08. The summed E-state index contributed by atoms with van der Waals surface area (Å²) < 4.78 is 0. The molecule has 5 nitrogen and oxygen atoms in total. The Bertz CT molecular complexity index is 322. The van der Waals surface area contributed by atoms with Crippen LogP contribution < -0.4 is 11.1 Å². The zero-order chi connectivity index (χ0) is 15.0. The Morgan fingerprint density at radius 1 is 1.25 bits per heavy atom. The van der Waals surface area contributed by atoms with E-state index in [2.05, 4.69) is 5.32 Å². The number of rotatable bonds is 9. The molecule has 0 atom stereocenters. The van der Waals surface area contributed by atoms with Gasteiger partial charge in [-0.3, -0.25) is 9.59 Å². The van der Waals surface area contributed by atoms with E-state index in [0.29, 0.717) is 26.1 Å². The molecule has 1 aliphatic rings. The van der Waals surface area contributed by atoms with E-state index in [0.717, 1.165) is 32.1 Å². The van der Waals surface area contributed by atoms with Gasteiger partial charge in [-0.2, -0.15) is 0 Å². The second-order valence-corrected chi connectivity index (χ2v) is 5.90. The molecule has 1 aliphatic carbocycles. The fraction of sp³-hybridized carbons (Fsp3) is 0.867. The molecule has 1 saturated carbocycles. The smallest absolute Gasteiger partial charge is 0.239 e. The second-order valence-electron chi connectivity index (χ2n) is 5.90. The third kappa shape index (κ3) is 4.78. The molecule has 0 unspecified atom stereocenters. The molecule has 0 radical (unpaired) electrons. The molecular weight excluding hydrogens is 254 g/mol. The van der Waals surface area contributed by atoms with E-state index < -0.39 is 0 Å². The zero-order valence-electron chi connectivity index (χ0n) is 12.9. The van der Waals surface area contributed by atoms with Crippen molar-refractivity contribution in [2.24, 2.45) is 11.1 Å². The number of carbonyl (C=O) groups is 2. The van der Waals surface area contributed by atoms with Crippen molar-refractivity contribution in [2.75, 3.05) is 26.2 Å². The van der Waals surface area contributed by atoms with Crippen LogP contribution >= 0.6 is 0 Å². The Labute approximate surface area is 122 Å². The maximum atomic E-state index is 12.4. The Balaban J connectivity index is 2.51. The molecule has 1 fully saturated rings. The van der Waals surface area contributed by atoms with Crippen LogP contribution in [0.1, 0.15) is 52.4 Å². The van der Waals surface area contributed by atoms with Gasteiger partial charge in [-0.15, -0.1) is 0 Å². The quantitative estimate of drug-likeness (QED) is 0.669. The van der Waals surface area contributed by atoms with Crippen LogP contribution in [-0.2, 0) is 9.59 Å². The van der Waals surface area contributed by atoms with Crippen molar-refractivity contribution >= 4 is 11.8 Å². The van der Waals surface area contributed by atoms with Crippen LogP contribution in [0, 0.1) is 5.41 Å². The predicted molar refractivity (Wildman–Crippen MR) is 80.1 cm³/mol. The van der Waals surface area contributed by atoms with Gasteiger partial charge in [0.05, 0.1) is 6.54 Å². The van der Waals surface area contributed by atoms with Crippen LogP contribution in [-0.4, -0.2) is 42.9 Å². The van der Waals surface area contributed by atoms with Crippen LogP contribution in [0.25, 0.3) is 0 Å². The van der Waals surface area contributed by atoms with Crippen molar-refractivity contribution in [3.8, 4) is 0 Å². The van der Waals surface area contributed by atoms with Crippen molar-refractivity contribution in [2.45, 2.75) is 52.4 Å². The molecule has 3 N–H and O–H groups in total. The topological polar surface area (TPSA) is 75.4 Å². The Hall–Kier alpha value is -1.10. The summed E-state index contributed by atoms with van der Waals surface area (Å²) in [5, 5.41) is 2.82. The fourth-order valence-electron chi connectivity index (χ4n) is 2.62. The van der Waals surface area contributed by atoms with Gasteiger partial charge in [0.15, 0.2) is 0 Å². The molecule has 116 valence electrons. The zero-order valence-corrected chi connectivity index (χ0v) is 12.9. The van der Waals surface area contributed by atoms with Gasteiger partial charge >= 0.3 is 0 Å². The fourth-order valence-corrected chi connectivity index (χ4v) is 2.62. The van der Waals surface area contributed by atoms with Crippen LogP contribution in [0.5, 0.6) is 0 Å². The van der Waals surface area contributed by atoms with Crippen molar-refractivity contribution < 1.29 is 9.59 Å². The monoisotopic (exact) mass is 283 g/mol. The highest BCUT2D eigenvalue weighted by atomic mass is 16.2. The Morgan fingerprint density at radius 2 is 1.95 bits per heavy atom. The van der Waals surface area contributed by atoms with Crippen molar-refractivity contribution in [1.29, 1.82) is 0 Å². The van der Waals surface area contributed by atoms with Gasteiger partial charge in [0.2, 0.25) is 11.8 Å². The highest BCUT2D eigenvalue weighted by Gasteiger charge is 2.38. The molecule has 0 aromatic heterocycles. The molecule has 5 heteroatoms. The van der Waals surface area contributed by atoms with E-state index in [-0.39, 0.29) is 23.8 Å². The minimum absolute atomic E-state index is 0.00295. The lowest BCUT2D eigenvalue weighted by Crippen LogP contribution is -2.46. The molecule has 0 bridgehead atoms. The summed E-state index contributed by atoms with van der Waals surface area (Å²) in [7, 11) is 0. The molecule has 0 aliphatic heterocycles. The van der Waals surface area contributed by atoms with Crippen molar-refractivity contribution in [3.05, 3.63) is 0 Å². The van der Waals surface area contributed by atoms with Gasteiger partial charge in [0.25, 0.3) is 0 Å². The lowest BCUT2D eigenvalue weighted by molar-refractivity contribution is -0.139. The summed E-state index contributed by atoms with van der Waals surface area (Å²) >= 11 is 0. The maximum absolute atomic E-state index is 12.4. The minimum Gasteiger partial charge on any atom is -0.355 e. The SMILES string of the molecule is CCCNC(=O)CN(CCC)C(=O)CC1(CN)CCC1. The molecule has 0 saturated heterocycles. The average Bonchev–Trinajstić information content (AvgIpc) is 2.39. The third-order valence-corrected chi connectivity index (χ3v) is 4.13. The third-order valence-electron chi connectivity index (χ3n) is 4.13. The summed E-state index contributed by atoms with van der Waals surface area (Å²) in [5.41, 5.74) is 5.81. The van der Waals surface area contributed by atoms with Gasteiger partial charge < -0.3 is 16.0 Å². The average molecular weight is 283 g/mol. The van der Waals surface area contributed by atoms with Crippen LogP contribution in [0.3, 0.4) is 0 Å². The lowest BCUT2D eigenvalue weighted by Gasteiger charge is -2.41. The molecule has 2 amide bonds. The molecule has 1 rings (SSSR count). The summed E-state index contributed by atoms with van der Waals surface area (Å²) in [5.74, 6) is 0.00714. The number of hydrogen-bond acceptors (Lipinski definition) is 3. The summed E-state index contributed by atoms with van der Waals surface area (Å²) in [4.78, 5) is 25.9. The number of nitrogens with one attached hydrogen (secondary N) is 1. The van der Waals surface area contributed by atoms with Crippen LogP contribution in [0.15, 0.2) is 0 Å². The van der Waals surface area contributed by atoms with E-state index in [1.165, 1.54) is 0 Å². The molecule has 0 heterocycles. The maximum Gasteiger partial charge on any atom is 0.239 e. The number of nitrogens with zero attached hydrogens (tertiary/aromatic N) is 1. The summed E-state index contributed by atoms with van der Waals surface area (Å²) in [6.07, 6.45) is 5.50. The predicted octanol–water partition coefficient (Wildman–Crippen LogP) is 1.27.